The Labute approximate surface area is 246 Å². The SMILES string of the molecule is CCCCCC=CCC=CCCCCCCC(CCC=CCC=CCC=CCCCCCCCC(=O)O)C(=O)O. The summed E-state index contributed by atoms with van der Waals surface area (Å²) in [5.41, 5.74) is 0. The van der Waals surface area contributed by atoms with Crippen LogP contribution in [0.1, 0.15) is 148 Å². The average molecular weight is 557 g/mol. The van der Waals surface area contributed by atoms with E-state index in [9.17, 15) is 14.7 Å². The Morgan fingerprint density at radius 3 is 1.43 bits per heavy atom. The summed E-state index contributed by atoms with van der Waals surface area (Å²) in [6, 6.07) is 0. The molecule has 0 aliphatic heterocycles. The van der Waals surface area contributed by atoms with Gasteiger partial charge in [-0.1, -0.05) is 119 Å². The lowest BCUT2D eigenvalue weighted by Gasteiger charge is -2.10. The lowest BCUT2D eigenvalue weighted by atomic mass is 9.95. The topological polar surface area (TPSA) is 74.6 Å². The molecule has 0 aromatic rings. The number of hydrogen-bond donors (Lipinski definition) is 2. The molecule has 0 rings (SSSR count). The highest BCUT2D eigenvalue weighted by molar-refractivity contribution is 5.69. The summed E-state index contributed by atoms with van der Waals surface area (Å²) in [4.78, 5) is 22.1. The van der Waals surface area contributed by atoms with Gasteiger partial charge in [-0.15, -0.1) is 0 Å². The van der Waals surface area contributed by atoms with Crippen molar-refractivity contribution in [1.29, 1.82) is 0 Å². The van der Waals surface area contributed by atoms with Crippen LogP contribution in [0.5, 0.6) is 0 Å². The van der Waals surface area contributed by atoms with E-state index in [-0.39, 0.29) is 5.92 Å². The fourth-order valence-corrected chi connectivity index (χ4v) is 4.56. The summed E-state index contributed by atoms with van der Waals surface area (Å²) in [5.74, 6) is -1.57. The molecule has 0 bridgehead atoms. The van der Waals surface area contributed by atoms with E-state index in [4.69, 9.17) is 5.11 Å². The van der Waals surface area contributed by atoms with Gasteiger partial charge in [-0.05, 0) is 83.5 Å². The molecule has 0 aromatic heterocycles. The molecule has 0 heterocycles. The van der Waals surface area contributed by atoms with Crippen LogP contribution in [0.2, 0.25) is 0 Å². The van der Waals surface area contributed by atoms with Gasteiger partial charge in [-0.25, -0.2) is 0 Å². The van der Waals surface area contributed by atoms with Crippen LogP contribution in [0.3, 0.4) is 0 Å². The Balaban J connectivity index is 3.68. The summed E-state index contributed by atoms with van der Waals surface area (Å²) in [6.07, 6.45) is 44.8. The van der Waals surface area contributed by atoms with Crippen LogP contribution < -0.4 is 0 Å². The first-order valence-corrected chi connectivity index (χ1v) is 16.3. The summed E-state index contributed by atoms with van der Waals surface area (Å²) in [5, 5.41) is 18.2. The quantitative estimate of drug-likeness (QED) is 0.0709. The number of carboxylic acids is 2. The van der Waals surface area contributed by atoms with Gasteiger partial charge in [0.25, 0.3) is 0 Å². The van der Waals surface area contributed by atoms with E-state index in [2.05, 4.69) is 67.7 Å². The molecule has 0 aliphatic carbocycles. The molecule has 2 N–H and O–H groups in total. The molecule has 0 radical (unpaired) electrons. The van der Waals surface area contributed by atoms with Crippen LogP contribution in [-0.4, -0.2) is 22.2 Å². The number of carboxylic acid groups (broad SMARTS) is 2. The van der Waals surface area contributed by atoms with Crippen molar-refractivity contribution in [3.05, 3.63) is 60.8 Å². The summed E-state index contributed by atoms with van der Waals surface area (Å²) in [6.45, 7) is 2.24. The first-order chi connectivity index (χ1) is 19.6. The van der Waals surface area contributed by atoms with Crippen LogP contribution in [-0.2, 0) is 9.59 Å². The lowest BCUT2D eigenvalue weighted by Crippen LogP contribution is -2.13. The molecular formula is C36H60O4. The highest BCUT2D eigenvalue weighted by Gasteiger charge is 2.15. The fourth-order valence-electron chi connectivity index (χ4n) is 4.56. The number of aliphatic carboxylic acids is 2. The Kier molecular flexibility index (Phi) is 29.3. The van der Waals surface area contributed by atoms with E-state index < -0.39 is 11.9 Å². The summed E-state index contributed by atoms with van der Waals surface area (Å²) >= 11 is 0. The fraction of sp³-hybridized carbons (Fsp3) is 0.667. The van der Waals surface area contributed by atoms with Crippen molar-refractivity contribution < 1.29 is 19.8 Å². The normalized spacial score (nSPS) is 13.1. The molecular weight excluding hydrogens is 496 g/mol. The Hall–Kier alpha value is -2.36. The standard InChI is InChI=1S/C36H60O4/c1-2-3-4-5-6-7-8-9-13-16-19-22-25-28-31-34(36(39)40)32-29-26-23-20-17-14-11-10-12-15-18-21-24-27-30-33-35(37)38/h6-7,9-10,12-14,17,23,26,34H,2-5,8,11,15-16,18-22,24-25,27-33H2,1H3,(H,37,38)(H,39,40). The smallest absolute Gasteiger partial charge is 0.306 e. The van der Waals surface area contributed by atoms with E-state index in [1.54, 1.807) is 0 Å². The van der Waals surface area contributed by atoms with Crippen LogP contribution in [0.25, 0.3) is 0 Å². The van der Waals surface area contributed by atoms with Crippen molar-refractivity contribution >= 4 is 11.9 Å². The third kappa shape index (κ3) is 30.2. The van der Waals surface area contributed by atoms with Gasteiger partial charge in [0, 0.05) is 6.42 Å². The zero-order chi connectivity index (χ0) is 29.4. The van der Waals surface area contributed by atoms with E-state index >= 15 is 0 Å². The second kappa shape index (κ2) is 31.2. The van der Waals surface area contributed by atoms with Crippen LogP contribution in [0.4, 0.5) is 0 Å². The molecule has 4 nitrogen and oxygen atoms in total. The number of unbranched alkanes of at least 4 members (excludes halogenated alkanes) is 12. The molecule has 0 aromatic carbocycles. The average Bonchev–Trinajstić information content (AvgIpc) is 2.93. The molecule has 0 aliphatic rings. The molecule has 0 amide bonds. The maximum atomic E-state index is 11.6. The molecule has 228 valence electrons. The van der Waals surface area contributed by atoms with Gasteiger partial charge in [0.2, 0.25) is 0 Å². The van der Waals surface area contributed by atoms with Crippen LogP contribution in [0, 0.1) is 5.92 Å². The van der Waals surface area contributed by atoms with Crippen molar-refractivity contribution in [3.8, 4) is 0 Å². The van der Waals surface area contributed by atoms with Crippen molar-refractivity contribution in [3.63, 3.8) is 0 Å². The van der Waals surface area contributed by atoms with Gasteiger partial charge in [0.1, 0.15) is 0 Å². The highest BCUT2D eigenvalue weighted by Crippen LogP contribution is 2.18. The Morgan fingerprint density at radius 2 is 0.925 bits per heavy atom. The van der Waals surface area contributed by atoms with E-state index in [0.717, 1.165) is 83.5 Å². The van der Waals surface area contributed by atoms with Crippen molar-refractivity contribution in [1.82, 2.24) is 0 Å². The van der Waals surface area contributed by atoms with Crippen molar-refractivity contribution in [2.45, 2.75) is 148 Å². The summed E-state index contributed by atoms with van der Waals surface area (Å²) < 4.78 is 0. The second-order valence-electron chi connectivity index (χ2n) is 10.9. The minimum absolute atomic E-state index is 0.223. The Bertz CT molecular complexity index is 729. The number of allylic oxidation sites excluding steroid dienone is 10. The minimum atomic E-state index is -0.693. The Morgan fingerprint density at radius 1 is 0.500 bits per heavy atom. The molecule has 1 unspecified atom stereocenters. The lowest BCUT2D eigenvalue weighted by molar-refractivity contribution is -0.142. The van der Waals surface area contributed by atoms with Gasteiger partial charge in [-0.2, -0.15) is 0 Å². The first kappa shape index (κ1) is 37.6. The van der Waals surface area contributed by atoms with Crippen LogP contribution in [0.15, 0.2) is 60.8 Å². The minimum Gasteiger partial charge on any atom is -0.481 e. The van der Waals surface area contributed by atoms with Gasteiger partial charge in [0.05, 0.1) is 5.92 Å². The van der Waals surface area contributed by atoms with Gasteiger partial charge in [0.15, 0.2) is 0 Å². The largest absolute Gasteiger partial charge is 0.481 e. The third-order valence-electron chi connectivity index (χ3n) is 7.09. The zero-order valence-corrected chi connectivity index (χ0v) is 25.6. The molecule has 4 heteroatoms. The molecule has 0 spiro atoms. The number of rotatable bonds is 29. The maximum absolute atomic E-state index is 11.6. The molecule has 1 atom stereocenters. The number of hydrogen-bond acceptors (Lipinski definition) is 2. The van der Waals surface area contributed by atoms with Crippen LogP contribution >= 0.6 is 0 Å². The molecule has 0 saturated carbocycles. The maximum Gasteiger partial charge on any atom is 0.306 e. The van der Waals surface area contributed by atoms with Crippen molar-refractivity contribution in [2.75, 3.05) is 0 Å². The zero-order valence-electron chi connectivity index (χ0n) is 25.6. The first-order valence-electron chi connectivity index (χ1n) is 16.3. The number of carbonyl (C=O) groups is 2. The van der Waals surface area contributed by atoms with E-state index in [1.165, 1.54) is 51.4 Å². The van der Waals surface area contributed by atoms with E-state index in [0.29, 0.717) is 6.42 Å². The second-order valence-corrected chi connectivity index (χ2v) is 10.9. The predicted octanol–water partition coefficient (Wildman–Crippen LogP) is 11.2. The third-order valence-corrected chi connectivity index (χ3v) is 7.09. The summed E-state index contributed by atoms with van der Waals surface area (Å²) in [7, 11) is 0. The monoisotopic (exact) mass is 556 g/mol. The molecule has 0 saturated heterocycles. The predicted molar refractivity (Wildman–Crippen MR) is 172 cm³/mol. The van der Waals surface area contributed by atoms with E-state index in [1.807, 2.05) is 0 Å². The highest BCUT2D eigenvalue weighted by atomic mass is 16.4. The molecule has 0 fully saturated rings. The van der Waals surface area contributed by atoms with Gasteiger partial charge >= 0.3 is 11.9 Å². The van der Waals surface area contributed by atoms with Gasteiger partial charge < -0.3 is 10.2 Å². The molecule has 40 heavy (non-hydrogen) atoms. The van der Waals surface area contributed by atoms with Gasteiger partial charge in [-0.3, -0.25) is 9.59 Å². The van der Waals surface area contributed by atoms with Crippen molar-refractivity contribution in [2.24, 2.45) is 5.92 Å².